The molecule has 1 aliphatic rings. The van der Waals surface area contributed by atoms with Crippen molar-refractivity contribution >= 4 is 17.9 Å². The quantitative estimate of drug-likeness (QED) is 0.176. The molecular formula is C19H36N4O8. The van der Waals surface area contributed by atoms with Crippen molar-refractivity contribution < 1.29 is 38.7 Å². The maximum atomic E-state index is 11.8. The number of rotatable bonds is 10. The molecule has 1 rings (SSSR count). The van der Waals surface area contributed by atoms with Gasteiger partial charge in [0.25, 0.3) is 0 Å². The number of carbonyl (C=O) groups is 3. The zero-order chi connectivity index (χ0) is 23.1. The molecule has 0 saturated carbocycles. The van der Waals surface area contributed by atoms with Crippen molar-refractivity contribution in [2.24, 2.45) is 0 Å². The molecule has 1 aliphatic heterocycles. The van der Waals surface area contributed by atoms with Crippen LogP contribution in [0.3, 0.4) is 0 Å². The van der Waals surface area contributed by atoms with Gasteiger partial charge in [-0.25, -0.2) is 9.78 Å². The van der Waals surface area contributed by atoms with Gasteiger partial charge in [-0.05, 0) is 0 Å². The summed E-state index contributed by atoms with van der Waals surface area (Å²) in [6, 6.07) is 0. The molecule has 0 bridgehead atoms. The van der Waals surface area contributed by atoms with E-state index >= 15 is 0 Å². The van der Waals surface area contributed by atoms with E-state index in [0.717, 1.165) is 0 Å². The number of ether oxygens (including phenoxy) is 2. The Morgan fingerprint density at radius 1 is 0.677 bits per heavy atom. The second-order valence-corrected chi connectivity index (χ2v) is 7.20. The Morgan fingerprint density at radius 3 is 1.42 bits per heavy atom. The molecule has 0 aromatic carbocycles. The monoisotopic (exact) mass is 448 g/mol. The first-order chi connectivity index (χ1) is 14.9. The Kier molecular flexibility index (Phi) is 13.9. The SMILES string of the molecule is COOCCN1CCN(CC(=O)O)CCN(CC(=O)OC)CCN(CC(=O)OC)CC1. The molecule has 31 heavy (non-hydrogen) atoms. The van der Waals surface area contributed by atoms with E-state index in [1.807, 2.05) is 14.7 Å². The van der Waals surface area contributed by atoms with Gasteiger partial charge in [0.1, 0.15) is 0 Å². The molecule has 180 valence electrons. The van der Waals surface area contributed by atoms with Crippen LogP contribution in [0.4, 0.5) is 0 Å². The fourth-order valence-electron chi connectivity index (χ4n) is 3.21. The number of carboxylic acid groups (broad SMARTS) is 1. The highest BCUT2D eigenvalue weighted by atomic mass is 17.2. The Labute approximate surface area is 183 Å². The molecule has 1 saturated heterocycles. The summed E-state index contributed by atoms with van der Waals surface area (Å²) >= 11 is 0. The summed E-state index contributed by atoms with van der Waals surface area (Å²) in [6.45, 7) is 5.65. The molecule has 0 aromatic rings. The molecule has 0 atom stereocenters. The topological polar surface area (TPSA) is 121 Å². The summed E-state index contributed by atoms with van der Waals surface area (Å²) in [5, 5.41) is 9.25. The molecule has 1 heterocycles. The van der Waals surface area contributed by atoms with Crippen LogP contribution in [0, 0.1) is 0 Å². The van der Waals surface area contributed by atoms with Crippen molar-refractivity contribution in [1.82, 2.24) is 19.6 Å². The smallest absolute Gasteiger partial charge is 0.319 e. The Bertz CT molecular complexity index is 551. The van der Waals surface area contributed by atoms with Gasteiger partial charge in [0, 0.05) is 58.9 Å². The maximum Gasteiger partial charge on any atom is 0.319 e. The third kappa shape index (κ3) is 12.6. The van der Waals surface area contributed by atoms with Crippen molar-refractivity contribution in [3.05, 3.63) is 0 Å². The number of methoxy groups -OCH3 is 2. The first-order valence-electron chi connectivity index (χ1n) is 10.3. The highest BCUT2D eigenvalue weighted by Crippen LogP contribution is 2.02. The molecule has 0 unspecified atom stereocenters. The highest BCUT2D eigenvalue weighted by Gasteiger charge is 2.20. The summed E-state index contributed by atoms with van der Waals surface area (Å²) in [7, 11) is 4.14. The summed E-state index contributed by atoms with van der Waals surface area (Å²) in [6.07, 6.45) is 0. The van der Waals surface area contributed by atoms with Gasteiger partial charge in [0.05, 0.1) is 47.6 Å². The van der Waals surface area contributed by atoms with Gasteiger partial charge >= 0.3 is 17.9 Å². The van der Waals surface area contributed by atoms with Crippen LogP contribution in [0.1, 0.15) is 0 Å². The second kappa shape index (κ2) is 15.9. The lowest BCUT2D eigenvalue weighted by Crippen LogP contribution is -2.49. The lowest BCUT2D eigenvalue weighted by Gasteiger charge is -2.33. The van der Waals surface area contributed by atoms with E-state index in [1.165, 1.54) is 21.3 Å². The zero-order valence-corrected chi connectivity index (χ0v) is 18.8. The Balaban J connectivity index is 2.90. The fourth-order valence-corrected chi connectivity index (χ4v) is 3.21. The van der Waals surface area contributed by atoms with E-state index in [4.69, 9.17) is 14.4 Å². The van der Waals surface area contributed by atoms with Crippen LogP contribution in [-0.4, -0.2) is 149 Å². The van der Waals surface area contributed by atoms with Crippen molar-refractivity contribution in [3.63, 3.8) is 0 Å². The number of hydrogen-bond acceptors (Lipinski definition) is 11. The Morgan fingerprint density at radius 2 is 1.06 bits per heavy atom. The van der Waals surface area contributed by atoms with Crippen LogP contribution in [0.25, 0.3) is 0 Å². The molecule has 0 aromatic heterocycles. The molecule has 0 radical (unpaired) electrons. The highest BCUT2D eigenvalue weighted by molar-refractivity contribution is 5.72. The van der Waals surface area contributed by atoms with Gasteiger partial charge in [-0.2, -0.15) is 0 Å². The van der Waals surface area contributed by atoms with Gasteiger partial charge in [0.15, 0.2) is 0 Å². The van der Waals surface area contributed by atoms with E-state index in [-0.39, 0.29) is 31.6 Å². The maximum absolute atomic E-state index is 11.8. The number of aliphatic carboxylic acids is 1. The predicted octanol–water partition coefficient (Wildman–Crippen LogP) is -1.78. The van der Waals surface area contributed by atoms with E-state index < -0.39 is 5.97 Å². The van der Waals surface area contributed by atoms with Crippen LogP contribution < -0.4 is 0 Å². The van der Waals surface area contributed by atoms with Gasteiger partial charge in [0.2, 0.25) is 0 Å². The van der Waals surface area contributed by atoms with Crippen LogP contribution in [-0.2, 0) is 33.6 Å². The van der Waals surface area contributed by atoms with Crippen molar-refractivity contribution in [3.8, 4) is 0 Å². The molecule has 0 aliphatic carbocycles. The average molecular weight is 449 g/mol. The lowest BCUT2D eigenvalue weighted by atomic mass is 10.3. The third-order valence-electron chi connectivity index (χ3n) is 5.06. The summed E-state index contributed by atoms with van der Waals surface area (Å²) in [4.78, 5) is 52.5. The van der Waals surface area contributed by atoms with Gasteiger partial charge in [-0.3, -0.25) is 34.0 Å². The fraction of sp³-hybridized carbons (Fsp3) is 0.842. The standard InChI is InChI=1S/C19H36N4O8/c1-28-18(26)15-22-7-5-20(12-13-31-30-3)4-6-21(14-17(24)25)8-9-23(11-10-22)16-19(27)29-2/h4-16H2,1-3H3,(H,24,25). The molecule has 0 amide bonds. The first kappa shape index (κ1) is 27.2. The lowest BCUT2D eigenvalue weighted by molar-refractivity contribution is -0.273. The molecule has 0 spiro atoms. The number of carbonyl (C=O) groups excluding carboxylic acids is 2. The van der Waals surface area contributed by atoms with Crippen molar-refractivity contribution in [1.29, 1.82) is 0 Å². The summed E-state index contributed by atoms with van der Waals surface area (Å²) in [5.41, 5.74) is 0. The molecule has 1 fully saturated rings. The van der Waals surface area contributed by atoms with Crippen molar-refractivity contribution in [2.45, 2.75) is 0 Å². The zero-order valence-electron chi connectivity index (χ0n) is 18.8. The van der Waals surface area contributed by atoms with Gasteiger partial charge in [-0.1, -0.05) is 0 Å². The third-order valence-corrected chi connectivity index (χ3v) is 5.06. The molecule has 12 nitrogen and oxygen atoms in total. The van der Waals surface area contributed by atoms with Crippen molar-refractivity contribution in [2.75, 3.05) is 106 Å². The van der Waals surface area contributed by atoms with Gasteiger partial charge < -0.3 is 14.6 Å². The van der Waals surface area contributed by atoms with E-state index in [0.29, 0.717) is 65.5 Å². The predicted molar refractivity (Wildman–Crippen MR) is 110 cm³/mol. The largest absolute Gasteiger partial charge is 0.480 e. The van der Waals surface area contributed by atoms with Crippen LogP contribution in [0.2, 0.25) is 0 Å². The summed E-state index contributed by atoms with van der Waals surface area (Å²) < 4.78 is 9.59. The van der Waals surface area contributed by atoms with E-state index in [9.17, 15) is 19.5 Å². The number of nitrogens with zero attached hydrogens (tertiary/aromatic N) is 4. The minimum Gasteiger partial charge on any atom is -0.480 e. The van der Waals surface area contributed by atoms with Gasteiger partial charge in [-0.15, -0.1) is 0 Å². The minimum atomic E-state index is -0.898. The van der Waals surface area contributed by atoms with Crippen LogP contribution in [0.15, 0.2) is 0 Å². The molecular weight excluding hydrogens is 412 g/mol. The summed E-state index contributed by atoms with van der Waals surface area (Å²) in [5.74, 6) is -1.58. The van der Waals surface area contributed by atoms with E-state index in [2.05, 4.69) is 9.79 Å². The number of esters is 2. The van der Waals surface area contributed by atoms with Crippen LogP contribution >= 0.6 is 0 Å². The first-order valence-corrected chi connectivity index (χ1v) is 10.3. The second-order valence-electron chi connectivity index (χ2n) is 7.20. The molecule has 1 N–H and O–H groups in total. The number of carboxylic acids is 1. The molecule has 12 heteroatoms. The van der Waals surface area contributed by atoms with E-state index in [1.54, 1.807) is 0 Å². The van der Waals surface area contributed by atoms with Crippen LogP contribution in [0.5, 0.6) is 0 Å². The normalized spacial score (nSPS) is 18.7. The minimum absolute atomic E-state index is 0.0804. The number of hydrogen-bond donors (Lipinski definition) is 1. The Hall–Kier alpha value is -1.83. The average Bonchev–Trinajstić information content (AvgIpc) is 2.74.